The van der Waals surface area contributed by atoms with Gasteiger partial charge in [0.05, 0.1) is 6.61 Å². The summed E-state index contributed by atoms with van der Waals surface area (Å²) in [5, 5.41) is 11.5. The molecule has 2 unspecified atom stereocenters. The zero-order valence-electron chi connectivity index (χ0n) is 4.92. The van der Waals surface area contributed by atoms with Crippen molar-refractivity contribution in [1.82, 2.24) is 5.32 Å². The van der Waals surface area contributed by atoms with Crippen LogP contribution in [0.1, 0.15) is 13.3 Å². The number of aliphatic hydroxyl groups is 1. The van der Waals surface area contributed by atoms with Crippen LogP contribution in [-0.4, -0.2) is 24.2 Å². The average Bonchev–Trinajstić information content (AvgIpc) is 2.14. The van der Waals surface area contributed by atoms with Gasteiger partial charge >= 0.3 is 0 Å². The van der Waals surface area contributed by atoms with Crippen LogP contribution in [0.3, 0.4) is 0 Å². The molecule has 1 aliphatic rings. The van der Waals surface area contributed by atoms with Gasteiger partial charge in [0.15, 0.2) is 0 Å². The first-order valence-electron chi connectivity index (χ1n) is 2.88. The number of aliphatic hydroxyl groups excluding tert-OH is 1. The van der Waals surface area contributed by atoms with Crippen molar-refractivity contribution in [2.45, 2.75) is 25.8 Å². The molecular formula is C5H11NO2. The van der Waals surface area contributed by atoms with Gasteiger partial charge in [-0.2, -0.15) is 0 Å². The number of nitrogens with one attached hydrogen (secondary N) is 1. The summed E-state index contributed by atoms with van der Waals surface area (Å²) in [5.74, 6) is 0. The summed E-state index contributed by atoms with van der Waals surface area (Å²) in [6.07, 6.45) is 0.289. The molecule has 0 spiro atoms. The summed E-state index contributed by atoms with van der Waals surface area (Å²) in [7, 11) is 0. The monoisotopic (exact) mass is 117 g/mol. The van der Waals surface area contributed by atoms with Crippen molar-refractivity contribution in [3.05, 3.63) is 0 Å². The molecule has 48 valence electrons. The Bertz CT molecular complexity index is 76.8. The van der Waals surface area contributed by atoms with Crippen LogP contribution in [0.15, 0.2) is 0 Å². The molecule has 0 aromatic rings. The zero-order valence-corrected chi connectivity index (χ0v) is 4.92. The van der Waals surface area contributed by atoms with Crippen molar-refractivity contribution in [1.29, 1.82) is 0 Å². The minimum atomic E-state index is -0.722. The van der Waals surface area contributed by atoms with E-state index in [2.05, 4.69) is 12.2 Å². The highest BCUT2D eigenvalue weighted by atomic mass is 16.6. The van der Waals surface area contributed by atoms with Gasteiger partial charge in [0.25, 0.3) is 0 Å². The van der Waals surface area contributed by atoms with Gasteiger partial charge in [-0.1, -0.05) is 6.92 Å². The lowest BCUT2D eigenvalue weighted by Gasteiger charge is -2.02. The predicted molar refractivity (Wildman–Crippen MR) is 29.2 cm³/mol. The molecule has 1 aliphatic heterocycles. The molecule has 0 aromatic heterocycles. The van der Waals surface area contributed by atoms with Gasteiger partial charge in [0.1, 0.15) is 0 Å². The topological polar surface area (TPSA) is 41.5 Å². The fraction of sp³-hybridized carbons (Fsp3) is 1.00. The first-order valence-corrected chi connectivity index (χ1v) is 2.88. The quantitative estimate of drug-likeness (QED) is 0.493. The molecule has 2 atom stereocenters. The largest absolute Gasteiger partial charge is 0.356 e. The van der Waals surface area contributed by atoms with Crippen LogP contribution < -0.4 is 5.32 Å². The Morgan fingerprint density at radius 1 is 1.88 bits per heavy atom. The van der Waals surface area contributed by atoms with E-state index < -0.39 is 6.41 Å². The molecule has 0 saturated carbocycles. The highest BCUT2D eigenvalue weighted by Crippen LogP contribution is 2.02. The second-order valence-corrected chi connectivity index (χ2v) is 1.96. The van der Waals surface area contributed by atoms with Gasteiger partial charge in [-0.05, 0) is 6.42 Å². The molecule has 1 rings (SSSR count). The van der Waals surface area contributed by atoms with Gasteiger partial charge in [-0.25, -0.2) is 0 Å². The van der Waals surface area contributed by atoms with E-state index in [-0.39, 0.29) is 0 Å². The molecule has 1 fully saturated rings. The molecule has 1 saturated heterocycles. The van der Waals surface area contributed by atoms with Crippen LogP contribution in [0.4, 0.5) is 0 Å². The lowest BCUT2D eigenvalue weighted by atomic mass is 10.3. The highest BCUT2D eigenvalue weighted by molar-refractivity contribution is 4.67. The first kappa shape index (κ1) is 6.01. The van der Waals surface area contributed by atoms with Crippen molar-refractivity contribution >= 4 is 0 Å². The fourth-order valence-corrected chi connectivity index (χ4v) is 0.741. The number of rotatable bonds is 1. The number of hydrogen-bond donors (Lipinski definition) is 2. The maximum atomic E-state index is 8.70. The molecule has 0 aromatic carbocycles. The predicted octanol–water partition coefficient (Wildman–Crippen LogP) is -0.339. The molecule has 3 nitrogen and oxygen atoms in total. The van der Waals surface area contributed by atoms with E-state index in [1.165, 1.54) is 0 Å². The van der Waals surface area contributed by atoms with Gasteiger partial charge in [-0.3, -0.25) is 5.32 Å². The van der Waals surface area contributed by atoms with E-state index >= 15 is 0 Å². The normalized spacial score (nSPS) is 38.2. The number of hydrogen-bond acceptors (Lipinski definition) is 3. The third-order valence-corrected chi connectivity index (χ3v) is 1.33. The summed E-state index contributed by atoms with van der Waals surface area (Å²) in [6.45, 7) is 2.69. The smallest absolute Gasteiger partial charge is 0.213 e. The first-order chi connectivity index (χ1) is 3.83. The van der Waals surface area contributed by atoms with Gasteiger partial charge < -0.3 is 9.84 Å². The van der Waals surface area contributed by atoms with E-state index in [1.54, 1.807) is 0 Å². The Hall–Kier alpha value is -0.120. The Kier molecular flexibility index (Phi) is 1.83. The molecule has 0 radical (unpaired) electrons. The Balaban J connectivity index is 2.22. The Morgan fingerprint density at radius 2 is 2.62 bits per heavy atom. The lowest BCUT2D eigenvalue weighted by molar-refractivity contribution is -0.0719. The van der Waals surface area contributed by atoms with Crippen LogP contribution in [0.25, 0.3) is 0 Å². The van der Waals surface area contributed by atoms with E-state index in [0.717, 1.165) is 6.42 Å². The van der Waals surface area contributed by atoms with Crippen molar-refractivity contribution in [2.75, 3.05) is 6.61 Å². The summed E-state index contributed by atoms with van der Waals surface area (Å²) in [5.41, 5.74) is 0. The van der Waals surface area contributed by atoms with Crippen LogP contribution in [0, 0.1) is 0 Å². The van der Waals surface area contributed by atoms with E-state index in [4.69, 9.17) is 9.84 Å². The Morgan fingerprint density at radius 3 is 2.88 bits per heavy atom. The summed E-state index contributed by atoms with van der Waals surface area (Å²) >= 11 is 0. The van der Waals surface area contributed by atoms with Gasteiger partial charge in [0, 0.05) is 6.04 Å². The van der Waals surface area contributed by atoms with Crippen molar-refractivity contribution in [2.24, 2.45) is 0 Å². The van der Waals surface area contributed by atoms with Gasteiger partial charge in [-0.15, -0.1) is 0 Å². The van der Waals surface area contributed by atoms with Crippen LogP contribution in [-0.2, 0) is 4.74 Å². The number of ether oxygens (including phenoxy) is 1. The fourth-order valence-electron chi connectivity index (χ4n) is 0.741. The minimum Gasteiger partial charge on any atom is -0.356 e. The van der Waals surface area contributed by atoms with Crippen LogP contribution in [0.5, 0.6) is 0 Å². The summed E-state index contributed by atoms with van der Waals surface area (Å²) < 4.78 is 4.80. The summed E-state index contributed by atoms with van der Waals surface area (Å²) in [4.78, 5) is 0. The lowest BCUT2D eigenvalue weighted by Crippen LogP contribution is -2.29. The van der Waals surface area contributed by atoms with Crippen molar-refractivity contribution in [3.8, 4) is 0 Å². The molecule has 8 heavy (non-hydrogen) atoms. The molecule has 0 aliphatic carbocycles. The second-order valence-electron chi connectivity index (χ2n) is 1.96. The molecule has 0 bridgehead atoms. The second kappa shape index (κ2) is 2.44. The van der Waals surface area contributed by atoms with E-state index in [0.29, 0.717) is 12.6 Å². The third-order valence-electron chi connectivity index (χ3n) is 1.33. The maximum Gasteiger partial charge on any atom is 0.213 e. The average molecular weight is 117 g/mol. The van der Waals surface area contributed by atoms with E-state index in [9.17, 15) is 0 Å². The van der Waals surface area contributed by atoms with Gasteiger partial charge in [0.2, 0.25) is 6.41 Å². The molecule has 2 N–H and O–H groups in total. The van der Waals surface area contributed by atoms with Crippen LogP contribution in [0.2, 0.25) is 0 Å². The molecule has 0 amide bonds. The Labute approximate surface area is 48.7 Å². The SMILES string of the molecule is CCC1COC(O)N1. The van der Waals surface area contributed by atoms with Crippen LogP contribution >= 0.6 is 0 Å². The maximum absolute atomic E-state index is 8.70. The molecule has 3 heteroatoms. The van der Waals surface area contributed by atoms with E-state index in [1.807, 2.05) is 0 Å². The zero-order chi connectivity index (χ0) is 5.98. The standard InChI is InChI=1S/C5H11NO2/c1-2-4-3-8-5(7)6-4/h4-7H,2-3H2,1H3. The summed E-state index contributed by atoms with van der Waals surface area (Å²) in [6, 6.07) is 0.352. The van der Waals surface area contributed by atoms with Crippen molar-refractivity contribution < 1.29 is 9.84 Å². The third kappa shape index (κ3) is 1.18. The van der Waals surface area contributed by atoms with Crippen molar-refractivity contribution in [3.63, 3.8) is 0 Å². The molecular weight excluding hydrogens is 106 g/mol. The minimum absolute atomic E-state index is 0.352. The molecule has 1 heterocycles. The highest BCUT2D eigenvalue weighted by Gasteiger charge is 2.19.